The molecular weight excluding hydrogens is 587 g/mol. The highest BCUT2D eigenvalue weighted by Crippen LogP contribution is 2.46. The van der Waals surface area contributed by atoms with Crippen molar-refractivity contribution in [3.8, 4) is 11.5 Å². The van der Waals surface area contributed by atoms with Crippen LogP contribution in [0.3, 0.4) is 0 Å². The summed E-state index contributed by atoms with van der Waals surface area (Å²) in [5.41, 5.74) is 2.42. The van der Waals surface area contributed by atoms with Gasteiger partial charge in [-0.15, -0.1) is 0 Å². The predicted molar refractivity (Wildman–Crippen MR) is 159 cm³/mol. The first-order valence-corrected chi connectivity index (χ1v) is 15.1. The van der Waals surface area contributed by atoms with E-state index in [9.17, 15) is 18.0 Å². The number of sulfonamides is 1. The molecule has 0 bridgehead atoms. The van der Waals surface area contributed by atoms with Gasteiger partial charge in [0.1, 0.15) is 11.5 Å². The Labute approximate surface area is 247 Å². The van der Waals surface area contributed by atoms with Gasteiger partial charge < -0.3 is 14.4 Å². The summed E-state index contributed by atoms with van der Waals surface area (Å²) in [4.78, 5) is 27.8. The number of fused-ring (bicyclic) bond motifs is 2. The lowest BCUT2D eigenvalue weighted by atomic mass is 9.99. The van der Waals surface area contributed by atoms with Crippen LogP contribution in [0.25, 0.3) is 10.8 Å². The molecule has 0 unspecified atom stereocenters. The van der Waals surface area contributed by atoms with E-state index in [1.807, 2.05) is 42.8 Å². The normalized spacial score (nSPS) is 12.9. The Morgan fingerprint density at radius 1 is 0.902 bits per heavy atom. The Morgan fingerprint density at radius 3 is 2.17 bits per heavy atom. The van der Waals surface area contributed by atoms with Gasteiger partial charge in [-0.2, -0.15) is 0 Å². The highest BCUT2D eigenvalue weighted by atomic mass is 35.5. The third kappa shape index (κ3) is 5.57. The summed E-state index contributed by atoms with van der Waals surface area (Å²) in [6.45, 7) is 4.90. The third-order valence-electron chi connectivity index (χ3n) is 6.63. The van der Waals surface area contributed by atoms with Gasteiger partial charge in [-0.3, -0.25) is 9.59 Å². The van der Waals surface area contributed by atoms with Gasteiger partial charge in [-0.05, 0) is 49.7 Å². The van der Waals surface area contributed by atoms with Gasteiger partial charge in [-0.1, -0.05) is 59.6 Å². The molecule has 0 spiro atoms. The molecular formula is C30H26Cl2N2O6S. The van der Waals surface area contributed by atoms with Crippen molar-refractivity contribution in [1.29, 1.82) is 0 Å². The zero-order valence-corrected chi connectivity index (χ0v) is 24.6. The molecule has 5 rings (SSSR count). The molecule has 8 nitrogen and oxygen atoms in total. The lowest BCUT2D eigenvalue weighted by Crippen LogP contribution is -2.31. The molecule has 2 amide bonds. The van der Waals surface area contributed by atoms with Crippen LogP contribution in [0.15, 0.2) is 71.6 Å². The van der Waals surface area contributed by atoms with E-state index in [-0.39, 0.29) is 33.8 Å². The molecule has 41 heavy (non-hydrogen) atoms. The molecule has 0 aliphatic carbocycles. The van der Waals surface area contributed by atoms with E-state index in [0.29, 0.717) is 41.5 Å². The number of halogens is 2. The van der Waals surface area contributed by atoms with Crippen LogP contribution >= 0.6 is 23.2 Å². The Kier molecular flexibility index (Phi) is 8.13. The summed E-state index contributed by atoms with van der Waals surface area (Å²) in [6, 6.07) is 18.3. The van der Waals surface area contributed by atoms with Gasteiger partial charge >= 0.3 is 0 Å². The molecule has 1 aliphatic rings. The summed E-state index contributed by atoms with van der Waals surface area (Å²) in [7, 11) is -4.13. The maximum absolute atomic E-state index is 13.7. The fraction of sp³-hybridized carbons (Fsp3) is 0.200. The monoisotopic (exact) mass is 612 g/mol. The van der Waals surface area contributed by atoms with Gasteiger partial charge in [0, 0.05) is 22.0 Å². The second-order valence-electron chi connectivity index (χ2n) is 9.26. The smallest absolute Gasteiger partial charge is 0.264 e. The van der Waals surface area contributed by atoms with Crippen molar-refractivity contribution < 1.29 is 27.5 Å². The van der Waals surface area contributed by atoms with Crippen molar-refractivity contribution in [2.45, 2.75) is 31.7 Å². The molecule has 11 heteroatoms. The van der Waals surface area contributed by atoms with Crippen LogP contribution in [-0.2, 0) is 27.8 Å². The highest BCUT2D eigenvalue weighted by Gasteiger charge is 2.36. The summed E-state index contributed by atoms with van der Waals surface area (Å²) < 4.78 is 39.3. The van der Waals surface area contributed by atoms with E-state index in [0.717, 1.165) is 16.3 Å². The number of rotatable bonds is 9. The van der Waals surface area contributed by atoms with E-state index < -0.39 is 15.9 Å². The van der Waals surface area contributed by atoms with Crippen LogP contribution in [0.1, 0.15) is 35.3 Å². The number of hydrogen-bond acceptors (Lipinski definition) is 6. The van der Waals surface area contributed by atoms with Gasteiger partial charge in [0.05, 0.1) is 46.7 Å². The molecule has 1 N–H and O–H groups in total. The summed E-state index contributed by atoms with van der Waals surface area (Å²) in [6.07, 6.45) is -0.191. The van der Waals surface area contributed by atoms with Crippen LogP contribution in [0.2, 0.25) is 10.0 Å². The van der Waals surface area contributed by atoms with Gasteiger partial charge in [-0.25, -0.2) is 13.1 Å². The number of nitrogens with one attached hydrogen (secondary N) is 1. The summed E-state index contributed by atoms with van der Waals surface area (Å²) >= 11 is 11.8. The van der Waals surface area contributed by atoms with Crippen LogP contribution in [-0.4, -0.2) is 33.4 Å². The Bertz CT molecular complexity index is 1770. The van der Waals surface area contributed by atoms with Gasteiger partial charge in [0.15, 0.2) is 0 Å². The first kappa shape index (κ1) is 28.7. The highest BCUT2D eigenvalue weighted by molar-refractivity contribution is 7.90. The number of carbonyl (C=O) groups is 2. The predicted octanol–water partition coefficient (Wildman–Crippen LogP) is 6.15. The van der Waals surface area contributed by atoms with E-state index in [1.54, 1.807) is 29.2 Å². The quantitative estimate of drug-likeness (QED) is 0.243. The summed E-state index contributed by atoms with van der Waals surface area (Å²) in [5.74, 6) is 0.260. The minimum Gasteiger partial charge on any atom is -0.493 e. The molecule has 0 saturated carbocycles. The fourth-order valence-electron chi connectivity index (χ4n) is 4.85. The fourth-order valence-corrected chi connectivity index (χ4v) is 6.22. The number of benzene rings is 4. The first-order valence-electron chi connectivity index (χ1n) is 12.9. The molecule has 4 aromatic rings. The largest absolute Gasteiger partial charge is 0.493 e. The number of carbonyl (C=O) groups excluding carboxylic acids is 2. The van der Waals surface area contributed by atoms with E-state index in [2.05, 4.69) is 0 Å². The molecule has 0 atom stereocenters. The van der Waals surface area contributed by atoms with Crippen molar-refractivity contribution in [2.75, 3.05) is 18.1 Å². The number of anilines is 1. The zero-order valence-electron chi connectivity index (χ0n) is 22.2. The van der Waals surface area contributed by atoms with Crippen molar-refractivity contribution in [2.24, 2.45) is 0 Å². The van der Waals surface area contributed by atoms with Gasteiger partial charge in [0.25, 0.3) is 15.9 Å². The number of nitrogens with zero attached hydrogens (tertiary/aromatic N) is 1. The molecule has 1 aliphatic heterocycles. The number of hydrogen-bond donors (Lipinski definition) is 1. The van der Waals surface area contributed by atoms with Gasteiger partial charge in [0.2, 0.25) is 5.91 Å². The second-order valence-corrected chi connectivity index (χ2v) is 11.8. The van der Waals surface area contributed by atoms with Crippen LogP contribution in [0.4, 0.5) is 5.69 Å². The summed E-state index contributed by atoms with van der Waals surface area (Å²) in [5, 5.41) is 1.95. The lowest BCUT2D eigenvalue weighted by molar-refractivity contribution is -0.118. The number of ether oxygens (including phenoxy) is 2. The van der Waals surface area contributed by atoms with Crippen LogP contribution in [0, 0.1) is 0 Å². The standard InChI is InChI=1S/C30H26Cl2N2O6S/c1-3-39-28-21-7-5-6-8-22(21)29(40-4-2)27-23(28)17-34(30(27)36)19-11-9-18(10-12-19)15-26(35)33-41(37,38)20-13-14-24(31)25(32)16-20/h5-14,16H,3-4,15,17H2,1-2H3,(H,33,35). The van der Waals surface area contributed by atoms with E-state index >= 15 is 0 Å². The lowest BCUT2D eigenvalue weighted by Gasteiger charge is -2.16. The van der Waals surface area contributed by atoms with Crippen molar-refractivity contribution >= 4 is 61.5 Å². The van der Waals surface area contributed by atoms with Crippen LogP contribution < -0.4 is 19.1 Å². The molecule has 0 fully saturated rings. The minimum atomic E-state index is -4.13. The van der Waals surface area contributed by atoms with Crippen molar-refractivity contribution in [3.63, 3.8) is 0 Å². The molecule has 4 aromatic carbocycles. The van der Waals surface area contributed by atoms with Crippen molar-refractivity contribution in [3.05, 3.63) is 93.5 Å². The number of amides is 2. The Hall–Kier alpha value is -3.79. The second kappa shape index (κ2) is 11.6. The SMILES string of the molecule is CCOc1c2c(c(OCC)c3ccccc13)C(=O)N(c1ccc(CC(=O)NS(=O)(=O)c3ccc(Cl)c(Cl)c3)cc1)C2. The van der Waals surface area contributed by atoms with Crippen LogP contribution in [0.5, 0.6) is 11.5 Å². The minimum absolute atomic E-state index is 0.0612. The molecule has 0 aromatic heterocycles. The average Bonchev–Trinajstić information content (AvgIpc) is 3.29. The molecule has 1 heterocycles. The van der Waals surface area contributed by atoms with E-state index in [4.69, 9.17) is 32.7 Å². The molecule has 0 radical (unpaired) electrons. The molecule has 212 valence electrons. The molecule has 0 saturated heterocycles. The topological polar surface area (TPSA) is 102 Å². The van der Waals surface area contributed by atoms with E-state index in [1.165, 1.54) is 18.2 Å². The maximum Gasteiger partial charge on any atom is 0.264 e. The van der Waals surface area contributed by atoms with Crippen molar-refractivity contribution in [1.82, 2.24) is 4.72 Å². The Balaban J connectivity index is 1.37. The average molecular weight is 614 g/mol. The Morgan fingerprint density at radius 2 is 1.54 bits per heavy atom. The maximum atomic E-state index is 13.7. The zero-order chi connectivity index (χ0) is 29.3. The first-order chi connectivity index (χ1) is 19.6. The third-order valence-corrected chi connectivity index (χ3v) is 8.74.